The van der Waals surface area contributed by atoms with Gasteiger partial charge >= 0.3 is 0 Å². The molecule has 1 aliphatic heterocycles. The predicted octanol–water partition coefficient (Wildman–Crippen LogP) is 7.87. The van der Waals surface area contributed by atoms with E-state index >= 15 is 0 Å². The van der Waals surface area contributed by atoms with E-state index in [1.807, 2.05) is 37.3 Å². The summed E-state index contributed by atoms with van der Waals surface area (Å²) in [5.41, 5.74) is 0.966. The lowest BCUT2D eigenvalue weighted by atomic mass is 9.87. The molecule has 1 aromatic carbocycles. The van der Waals surface area contributed by atoms with Crippen molar-refractivity contribution in [2.24, 2.45) is 11.8 Å². The fourth-order valence-corrected chi connectivity index (χ4v) is 6.02. The van der Waals surface area contributed by atoms with Gasteiger partial charge in [0, 0.05) is 17.2 Å². The Bertz CT molecular complexity index is 924. The second kappa shape index (κ2) is 12.7. The second-order valence-electron chi connectivity index (χ2n) is 10.8. The van der Waals surface area contributed by atoms with Crippen molar-refractivity contribution >= 4 is 20.1 Å². The summed E-state index contributed by atoms with van der Waals surface area (Å²) < 4.78 is 12.8. The van der Waals surface area contributed by atoms with E-state index < -0.39 is 14.4 Å². The maximum absolute atomic E-state index is 9.70. The Hall–Kier alpha value is -1.83. The first-order chi connectivity index (χ1) is 16.0. The summed E-state index contributed by atoms with van der Waals surface area (Å²) >= 11 is 1.74. The van der Waals surface area contributed by atoms with Crippen LogP contribution in [-0.2, 0) is 9.16 Å². The van der Waals surface area contributed by atoms with Gasteiger partial charge in [0.2, 0.25) is 0 Å². The van der Waals surface area contributed by atoms with Crippen molar-refractivity contribution in [1.82, 2.24) is 0 Å². The number of benzene rings is 1. The normalized spacial score (nSPS) is 23.8. The summed E-state index contributed by atoms with van der Waals surface area (Å²) in [6.45, 7) is 15.0. The molecular weight excluding hydrogens is 456 g/mol. The monoisotopic (exact) mass is 496 g/mol. The minimum Gasteiger partial charge on any atom is -0.398 e. The first-order valence-electron chi connectivity index (χ1n) is 12.1. The van der Waals surface area contributed by atoms with E-state index in [1.165, 1.54) is 4.90 Å². The highest BCUT2D eigenvalue weighted by molar-refractivity contribution is 7.99. The van der Waals surface area contributed by atoms with E-state index in [2.05, 4.69) is 71.1 Å². The zero-order valence-electron chi connectivity index (χ0n) is 21.7. The van der Waals surface area contributed by atoms with Crippen LogP contribution < -0.4 is 0 Å². The molecule has 1 heterocycles. The molecule has 0 bridgehead atoms. The van der Waals surface area contributed by atoms with Gasteiger partial charge in [0.25, 0.3) is 0 Å². The SMILES string of the molecule is C/C(=C\C=C\[C@@H](C)[C@H]1C[C@@H](CC#N)C[C@H](Sc2ccccc2)O1)C(C#N)O[Si](C)(C)C(C)(C)C. The molecule has 0 N–H and O–H groups in total. The molecule has 0 radical (unpaired) electrons. The molecule has 0 saturated carbocycles. The molecule has 0 aromatic heterocycles. The second-order valence-corrected chi connectivity index (χ2v) is 16.8. The van der Waals surface area contributed by atoms with E-state index in [-0.39, 0.29) is 22.5 Å². The molecule has 4 nitrogen and oxygen atoms in total. The number of ether oxygens (including phenoxy) is 1. The number of rotatable bonds is 9. The summed E-state index contributed by atoms with van der Waals surface area (Å²) in [7, 11) is -2.03. The molecule has 1 aliphatic rings. The van der Waals surface area contributed by atoms with Gasteiger partial charge in [-0.25, -0.2) is 0 Å². The van der Waals surface area contributed by atoms with Gasteiger partial charge in [0.05, 0.1) is 18.2 Å². The lowest BCUT2D eigenvalue weighted by molar-refractivity contribution is -0.0445. The highest BCUT2D eigenvalue weighted by Crippen LogP contribution is 2.39. The average molecular weight is 497 g/mol. The van der Waals surface area contributed by atoms with Crippen LogP contribution in [0.5, 0.6) is 0 Å². The van der Waals surface area contributed by atoms with Crippen molar-refractivity contribution < 1.29 is 9.16 Å². The Morgan fingerprint density at radius 2 is 1.91 bits per heavy atom. The van der Waals surface area contributed by atoms with Crippen LogP contribution >= 0.6 is 11.8 Å². The molecule has 5 atom stereocenters. The van der Waals surface area contributed by atoms with Crippen LogP contribution in [0.2, 0.25) is 18.1 Å². The fourth-order valence-electron chi connectivity index (χ4n) is 3.65. The predicted molar refractivity (Wildman–Crippen MR) is 144 cm³/mol. The minimum atomic E-state index is -2.03. The van der Waals surface area contributed by atoms with Gasteiger partial charge in [-0.15, -0.1) is 0 Å². The smallest absolute Gasteiger partial charge is 0.194 e. The van der Waals surface area contributed by atoms with E-state index in [0.717, 1.165) is 18.4 Å². The van der Waals surface area contributed by atoms with Gasteiger partial charge in [-0.1, -0.05) is 75.9 Å². The maximum Gasteiger partial charge on any atom is 0.194 e. The van der Waals surface area contributed by atoms with Crippen molar-refractivity contribution in [3.05, 3.63) is 54.1 Å². The lowest BCUT2D eigenvalue weighted by Gasteiger charge is -2.37. The van der Waals surface area contributed by atoms with Crippen LogP contribution in [-0.4, -0.2) is 26.0 Å². The highest BCUT2D eigenvalue weighted by Gasteiger charge is 2.39. The minimum absolute atomic E-state index is 0.0496. The van der Waals surface area contributed by atoms with Crippen molar-refractivity contribution in [2.45, 2.75) is 94.6 Å². The molecule has 184 valence electrons. The third kappa shape index (κ3) is 8.43. The molecule has 0 spiro atoms. The number of thioether (sulfide) groups is 1. The summed E-state index contributed by atoms with van der Waals surface area (Å²) in [5.74, 6) is 0.547. The maximum atomic E-state index is 9.70. The average Bonchev–Trinajstić information content (AvgIpc) is 2.77. The molecule has 6 heteroatoms. The van der Waals surface area contributed by atoms with Gasteiger partial charge in [-0.2, -0.15) is 10.5 Å². The quantitative estimate of drug-likeness (QED) is 0.257. The Labute approximate surface area is 212 Å². The van der Waals surface area contributed by atoms with Crippen LogP contribution in [0.4, 0.5) is 0 Å². The molecule has 0 amide bonds. The number of nitriles is 2. The van der Waals surface area contributed by atoms with E-state index in [0.29, 0.717) is 12.3 Å². The van der Waals surface area contributed by atoms with Crippen molar-refractivity contribution in [3.63, 3.8) is 0 Å². The van der Waals surface area contributed by atoms with Gasteiger partial charge in [0.1, 0.15) is 5.44 Å². The summed E-state index contributed by atoms with van der Waals surface area (Å²) in [5, 5.41) is 19.0. The molecule has 1 aromatic rings. The van der Waals surface area contributed by atoms with E-state index in [9.17, 15) is 10.5 Å². The summed E-state index contributed by atoms with van der Waals surface area (Å²) in [4.78, 5) is 1.19. The Morgan fingerprint density at radius 3 is 2.50 bits per heavy atom. The molecule has 2 rings (SSSR count). The van der Waals surface area contributed by atoms with Crippen LogP contribution in [0, 0.1) is 34.5 Å². The van der Waals surface area contributed by atoms with Crippen molar-refractivity contribution in [1.29, 1.82) is 10.5 Å². The van der Waals surface area contributed by atoms with Crippen molar-refractivity contribution in [3.8, 4) is 12.1 Å². The van der Waals surface area contributed by atoms with Crippen molar-refractivity contribution in [2.75, 3.05) is 0 Å². The number of hydrogen-bond donors (Lipinski definition) is 0. The van der Waals surface area contributed by atoms with E-state index in [1.54, 1.807) is 11.8 Å². The zero-order valence-corrected chi connectivity index (χ0v) is 23.6. The summed E-state index contributed by atoms with van der Waals surface area (Å²) in [6.07, 6.45) is 8.05. The molecule has 0 aliphatic carbocycles. The Morgan fingerprint density at radius 1 is 1.24 bits per heavy atom. The van der Waals surface area contributed by atoms with Gasteiger partial charge < -0.3 is 9.16 Å². The Kier molecular flexibility index (Phi) is 10.7. The third-order valence-corrected chi connectivity index (χ3v) is 12.5. The lowest BCUT2D eigenvalue weighted by Crippen LogP contribution is -2.43. The highest BCUT2D eigenvalue weighted by atomic mass is 32.2. The first kappa shape index (κ1) is 28.4. The third-order valence-electron chi connectivity index (χ3n) is 6.92. The largest absolute Gasteiger partial charge is 0.398 e. The van der Waals surface area contributed by atoms with Gasteiger partial charge in [-0.3, -0.25) is 0 Å². The van der Waals surface area contributed by atoms with Crippen LogP contribution in [0.15, 0.2) is 59.0 Å². The standard InChI is InChI=1S/C28H40N2O2SSi/c1-21(12-11-13-22(2)26(20-30)32-34(6,7)28(3,4)5)25-18-23(16-17-29)19-27(31-25)33-24-14-9-8-10-15-24/h8-15,21,23,25-27H,16,18-19H2,1-7H3/b12-11+,22-13+/t21-,23-,25-,26?,27+/m1/s1. The van der Waals surface area contributed by atoms with E-state index in [4.69, 9.17) is 9.16 Å². The number of allylic oxidation sites excluding steroid dienone is 2. The van der Waals surface area contributed by atoms with Crippen LogP contribution in [0.1, 0.15) is 53.9 Å². The Balaban J connectivity index is 2.05. The fraction of sp³-hybridized carbons (Fsp3) is 0.571. The van der Waals surface area contributed by atoms with Gasteiger partial charge in [0.15, 0.2) is 14.4 Å². The van der Waals surface area contributed by atoms with Gasteiger partial charge in [-0.05, 0) is 61.5 Å². The topological polar surface area (TPSA) is 66.0 Å². The number of hydrogen-bond acceptors (Lipinski definition) is 5. The molecular formula is C28H40N2O2SSi. The van der Waals surface area contributed by atoms with Crippen LogP contribution in [0.3, 0.4) is 0 Å². The zero-order chi connectivity index (χ0) is 25.4. The van der Waals surface area contributed by atoms with Crippen LogP contribution in [0.25, 0.3) is 0 Å². The molecule has 34 heavy (non-hydrogen) atoms. The molecule has 1 fully saturated rings. The first-order valence-corrected chi connectivity index (χ1v) is 15.9. The molecule has 1 saturated heterocycles. The summed E-state index contributed by atoms with van der Waals surface area (Å²) in [6, 6.07) is 15.0. The molecule has 1 unspecified atom stereocenters. The number of nitrogens with zero attached hydrogens (tertiary/aromatic N) is 2.